The van der Waals surface area contributed by atoms with Gasteiger partial charge in [0, 0.05) is 16.3 Å². The molecular formula is C21H19F3N4O2S. The van der Waals surface area contributed by atoms with Crippen LogP contribution in [-0.4, -0.2) is 27.3 Å². The lowest BCUT2D eigenvalue weighted by Gasteiger charge is -2.16. The number of nitrogens with one attached hydrogen (secondary N) is 1. The van der Waals surface area contributed by atoms with Crippen LogP contribution in [-0.2, 0) is 6.18 Å². The van der Waals surface area contributed by atoms with E-state index in [9.17, 15) is 18.0 Å². The monoisotopic (exact) mass is 448 g/mol. The number of carbonyl (C=O) groups is 1. The van der Waals surface area contributed by atoms with E-state index >= 15 is 0 Å². The number of amides is 1. The van der Waals surface area contributed by atoms with Gasteiger partial charge in [0.2, 0.25) is 0 Å². The fourth-order valence-electron chi connectivity index (χ4n) is 2.89. The van der Waals surface area contributed by atoms with Gasteiger partial charge >= 0.3 is 6.18 Å². The van der Waals surface area contributed by atoms with Crippen LogP contribution in [0.2, 0.25) is 0 Å². The summed E-state index contributed by atoms with van der Waals surface area (Å²) in [5, 5.41) is 9.46. The third-order valence-corrected chi connectivity index (χ3v) is 5.12. The maximum Gasteiger partial charge on any atom is 0.435 e. The third kappa shape index (κ3) is 5.13. The highest BCUT2D eigenvalue weighted by atomic mass is 32.2. The molecule has 0 aliphatic heterocycles. The molecule has 1 N–H and O–H groups in total. The number of benzene rings is 1. The second-order valence-electron chi connectivity index (χ2n) is 6.68. The first kappa shape index (κ1) is 22.5. The summed E-state index contributed by atoms with van der Waals surface area (Å²) in [5.41, 5.74) is -0.308. The van der Waals surface area contributed by atoms with E-state index in [0.717, 1.165) is 17.5 Å². The Morgan fingerprint density at radius 3 is 2.48 bits per heavy atom. The predicted octanol–water partition coefficient (Wildman–Crippen LogP) is 5.58. The minimum Gasteiger partial charge on any atom is -0.435 e. The molecule has 0 fully saturated rings. The van der Waals surface area contributed by atoms with Gasteiger partial charge in [0.15, 0.2) is 11.4 Å². The first-order valence-corrected chi connectivity index (χ1v) is 10.3. The normalized spacial score (nSPS) is 11.3. The number of ether oxygens (including phenoxy) is 1. The number of hydrogen-bond acceptors (Lipinski definition) is 6. The zero-order valence-electron chi connectivity index (χ0n) is 17.2. The highest BCUT2D eigenvalue weighted by Crippen LogP contribution is 2.35. The lowest BCUT2D eigenvalue weighted by atomic mass is 10.1. The van der Waals surface area contributed by atoms with Crippen molar-refractivity contribution in [3.63, 3.8) is 0 Å². The Morgan fingerprint density at radius 2 is 1.84 bits per heavy atom. The highest BCUT2D eigenvalue weighted by Gasteiger charge is 2.38. The van der Waals surface area contributed by atoms with Crippen LogP contribution in [0.5, 0.6) is 11.6 Å². The number of anilines is 1. The Labute approximate surface area is 181 Å². The number of thioether (sulfide) groups is 1. The number of nitrogens with zero attached hydrogens (tertiary/aromatic N) is 3. The van der Waals surface area contributed by atoms with Crippen LogP contribution in [0.25, 0.3) is 0 Å². The molecule has 1 amide bonds. The van der Waals surface area contributed by atoms with Crippen LogP contribution in [0.4, 0.5) is 18.9 Å². The molecule has 0 aliphatic carbocycles. The summed E-state index contributed by atoms with van der Waals surface area (Å²) in [5.74, 6) is -0.862. The lowest BCUT2D eigenvalue weighted by molar-refractivity contribution is -0.142. The molecule has 162 valence electrons. The molecule has 0 unspecified atom stereocenters. The van der Waals surface area contributed by atoms with Gasteiger partial charge < -0.3 is 10.1 Å². The van der Waals surface area contributed by atoms with Gasteiger partial charge in [0.05, 0.1) is 5.69 Å². The molecule has 0 atom stereocenters. The van der Waals surface area contributed by atoms with E-state index in [1.54, 1.807) is 44.2 Å². The van der Waals surface area contributed by atoms with Crippen molar-refractivity contribution in [3.05, 3.63) is 64.6 Å². The Balaban J connectivity index is 2.06. The van der Waals surface area contributed by atoms with Crippen LogP contribution >= 0.6 is 11.8 Å². The van der Waals surface area contributed by atoms with Crippen LogP contribution in [0, 0.1) is 20.8 Å². The first-order valence-electron chi connectivity index (χ1n) is 9.12. The van der Waals surface area contributed by atoms with Crippen molar-refractivity contribution in [3.8, 4) is 11.6 Å². The zero-order valence-corrected chi connectivity index (χ0v) is 18.0. The van der Waals surface area contributed by atoms with Gasteiger partial charge in [0.25, 0.3) is 11.8 Å². The number of hydrogen-bond donors (Lipinski definition) is 1. The molecule has 10 heteroatoms. The van der Waals surface area contributed by atoms with E-state index in [-0.39, 0.29) is 22.8 Å². The second kappa shape index (κ2) is 8.93. The summed E-state index contributed by atoms with van der Waals surface area (Å²) in [7, 11) is 0. The van der Waals surface area contributed by atoms with Crippen LogP contribution < -0.4 is 10.1 Å². The largest absolute Gasteiger partial charge is 0.435 e. The summed E-state index contributed by atoms with van der Waals surface area (Å²) in [6.07, 6.45) is -2.90. The van der Waals surface area contributed by atoms with Crippen molar-refractivity contribution in [1.29, 1.82) is 0 Å². The first-order chi connectivity index (χ1) is 14.6. The molecule has 3 rings (SSSR count). The SMILES string of the molecule is CSc1cccc(NC(=O)c2c(Oc3ccc(C)nc3C)nnc(C(F)(F)F)c2C)c1. The van der Waals surface area contributed by atoms with Crippen LogP contribution in [0.15, 0.2) is 41.3 Å². The lowest BCUT2D eigenvalue weighted by Crippen LogP contribution is -2.21. The summed E-state index contributed by atoms with van der Waals surface area (Å²) in [4.78, 5) is 18.2. The molecule has 2 aromatic heterocycles. The summed E-state index contributed by atoms with van der Waals surface area (Å²) in [6, 6.07) is 10.2. The summed E-state index contributed by atoms with van der Waals surface area (Å²) in [6.45, 7) is 4.64. The van der Waals surface area contributed by atoms with Gasteiger partial charge in [-0.3, -0.25) is 9.78 Å². The Hall–Kier alpha value is -3.14. The predicted molar refractivity (Wildman–Crippen MR) is 112 cm³/mol. The van der Waals surface area contributed by atoms with E-state index in [4.69, 9.17) is 4.74 Å². The summed E-state index contributed by atoms with van der Waals surface area (Å²) >= 11 is 1.47. The molecule has 0 radical (unpaired) electrons. The van der Waals surface area contributed by atoms with Gasteiger partial charge in [-0.2, -0.15) is 13.2 Å². The summed E-state index contributed by atoms with van der Waals surface area (Å²) < 4.78 is 45.9. The molecule has 0 aliphatic rings. The number of alkyl halides is 3. The Bertz CT molecular complexity index is 1140. The molecule has 0 saturated carbocycles. The Morgan fingerprint density at radius 1 is 1.10 bits per heavy atom. The molecule has 0 bridgehead atoms. The molecule has 2 heterocycles. The average Bonchev–Trinajstić information content (AvgIpc) is 2.69. The molecular weight excluding hydrogens is 429 g/mol. The number of rotatable bonds is 5. The van der Waals surface area contributed by atoms with E-state index in [1.807, 2.05) is 12.3 Å². The van der Waals surface area contributed by atoms with E-state index in [1.165, 1.54) is 11.8 Å². The maximum absolute atomic E-state index is 13.4. The van der Waals surface area contributed by atoms with Crippen molar-refractivity contribution in [2.75, 3.05) is 11.6 Å². The van der Waals surface area contributed by atoms with E-state index in [2.05, 4.69) is 20.5 Å². The van der Waals surface area contributed by atoms with Gasteiger partial charge in [0.1, 0.15) is 5.56 Å². The smallest absolute Gasteiger partial charge is 0.435 e. The maximum atomic E-state index is 13.4. The van der Waals surface area contributed by atoms with Crippen molar-refractivity contribution in [1.82, 2.24) is 15.2 Å². The molecule has 6 nitrogen and oxygen atoms in total. The van der Waals surface area contributed by atoms with Gasteiger partial charge in [-0.15, -0.1) is 22.0 Å². The molecule has 0 spiro atoms. The third-order valence-electron chi connectivity index (χ3n) is 4.39. The second-order valence-corrected chi connectivity index (χ2v) is 7.56. The van der Waals surface area contributed by atoms with Crippen molar-refractivity contribution < 1.29 is 22.7 Å². The van der Waals surface area contributed by atoms with Gasteiger partial charge in [-0.25, -0.2) is 0 Å². The molecule has 0 saturated heterocycles. The van der Waals surface area contributed by atoms with Gasteiger partial charge in [-0.1, -0.05) is 6.07 Å². The molecule has 1 aromatic carbocycles. The fourth-order valence-corrected chi connectivity index (χ4v) is 3.35. The van der Waals surface area contributed by atoms with Crippen LogP contribution in [0.3, 0.4) is 0 Å². The topological polar surface area (TPSA) is 77.0 Å². The number of pyridine rings is 1. The van der Waals surface area contributed by atoms with Crippen molar-refractivity contribution in [2.24, 2.45) is 0 Å². The highest BCUT2D eigenvalue weighted by molar-refractivity contribution is 7.98. The number of aryl methyl sites for hydroxylation is 2. The van der Waals surface area contributed by atoms with E-state index < -0.39 is 17.8 Å². The van der Waals surface area contributed by atoms with Crippen LogP contribution in [0.1, 0.15) is 33.0 Å². The Kier molecular flexibility index (Phi) is 6.49. The fraction of sp³-hybridized carbons (Fsp3) is 0.238. The number of carbonyl (C=O) groups excluding carboxylic acids is 1. The number of halogens is 3. The average molecular weight is 448 g/mol. The minimum absolute atomic E-state index is 0.262. The van der Waals surface area contributed by atoms with Crippen molar-refractivity contribution in [2.45, 2.75) is 31.8 Å². The van der Waals surface area contributed by atoms with Crippen molar-refractivity contribution >= 4 is 23.4 Å². The number of aromatic nitrogens is 3. The molecule has 3 aromatic rings. The standard InChI is InChI=1S/C21H19F3N4O2S/c1-11-8-9-16(13(3)25-11)30-20-17(12(2)18(27-28-20)21(22,23)24)19(29)26-14-6-5-7-15(10-14)31-4/h5-10H,1-4H3,(H,26,29). The molecule has 31 heavy (non-hydrogen) atoms. The van der Waals surface area contributed by atoms with E-state index in [0.29, 0.717) is 11.4 Å². The quantitative estimate of drug-likeness (QED) is 0.514. The zero-order chi connectivity index (χ0) is 22.8. The van der Waals surface area contributed by atoms with Gasteiger partial charge in [-0.05, 0) is 62.9 Å². The minimum atomic E-state index is -4.77.